The number of pyridine rings is 1. The summed E-state index contributed by atoms with van der Waals surface area (Å²) < 4.78 is 0. The molecule has 2 aromatic rings. The van der Waals surface area contributed by atoms with Gasteiger partial charge in [0.05, 0.1) is 17.3 Å². The normalized spacial score (nSPS) is 20.4. The van der Waals surface area contributed by atoms with Gasteiger partial charge in [-0.05, 0) is 48.0 Å². The summed E-state index contributed by atoms with van der Waals surface area (Å²) in [5.74, 6) is 0.532. The van der Waals surface area contributed by atoms with Crippen molar-refractivity contribution in [1.82, 2.24) is 9.82 Å². The van der Waals surface area contributed by atoms with E-state index >= 15 is 0 Å². The summed E-state index contributed by atoms with van der Waals surface area (Å²) >= 11 is 5.59. The quantitative estimate of drug-likeness (QED) is 0.851. The Morgan fingerprint density at radius 3 is 2.80 bits per heavy atom. The van der Waals surface area contributed by atoms with Crippen molar-refractivity contribution in [1.29, 1.82) is 5.26 Å². The van der Waals surface area contributed by atoms with E-state index in [1.165, 1.54) is 6.07 Å². The van der Waals surface area contributed by atoms with Crippen molar-refractivity contribution in [2.45, 2.75) is 18.4 Å². The van der Waals surface area contributed by atoms with Gasteiger partial charge in [0.2, 0.25) is 0 Å². The highest BCUT2D eigenvalue weighted by molar-refractivity contribution is 6.13. The second-order valence-corrected chi connectivity index (χ2v) is 5.10. The minimum atomic E-state index is 0.121. The van der Waals surface area contributed by atoms with E-state index < -0.39 is 0 Å². The molecule has 0 amide bonds. The molecule has 1 aliphatic carbocycles. The largest absolute Gasteiger partial charge is 0.507 e. The van der Waals surface area contributed by atoms with Crippen LogP contribution in [0.15, 0.2) is 36.5 Å². The molecule has 2 N–H and O–H groups in total. The molecule has 0 bridgehead atoms. The fourth-order valence-electron chi connectivity index (χ4n) is 2.28. The van der Waals surface area contributed by atoms with Gasteiger partial charge in [0.1, 0.15) is 5.75 Å². The van der Waals surface area contributed by atoms with Crippen molar-refractivity contribution in [3.05, 3.63) is 47.7 Å². The molecule has 1 aliphatic rings. The lowest BCUT2D eigenvalue weighted by Gasteiger charge is -2.06. The van der Waals surface area contributed by atoms with Gasteiger partial charge < -0.3 is 5.11 Å². The molecule has 0 spiro atoms. The van der Waals surface area contributed by atoms with Crippen molar-refractivity contribution >= 4 is 11.8 Å². The first kappa shape index (κ1) is 12.9. The third-order valence-corrected chi connectivity index (χ3v) is 3.83. The summed E-state index contributed by atoms with van der Waals surface area (Å²) in [4.78, 5) is 7.10. The van der Waals surface area contributed by atoms with Crippen LogP contribution in [0.25, 0.3) is 11.3 Å². The molecule has 1 aromatic carbocycles. The number of aromatic nitrogens is 1. The van der Waals surface area contributed by atoms with Crippen molar-refractivity contribution in [2.75, 3.05) is 0 Å². The van der Waals surface area contributed by atoms with Gasteiger partial charge in [-0.1, -0.05) is 6.07 Å². The molecule has 1 aromatic heterocycles. The first-order chi connectivity index (χ1) is 9.72. The van der Waals surface area contributed by atoms with Crippen molar-refractivity contribution < 1.29 is 5.11 Å². The fourth-order valence-corrected chi connectivity index (χ4v) is 2.52. The fraction of sp³-hybridized carbons (Fsp3) is 0.200. The number of benzene rings is 1. The molecular formula is C15H12ClN3O. The van der Waals surface area contributed by atoms with E-state index in [-0.39, 0.29) is 5.75 Å². The SMILES string of the molecule is N#Cc1ccc(O)c(-c2ccc([C@H]3C[C@@H]3NCl)cn2)c1. The van der Waals surface area contributed by atoms with E-state index in [2.05, 4.69) is 15.9 Å². The van der Waals surface area contributed by atoms with E-state index in [0.29, 0.717) is 28.8 Å². The third kappa shape index (κ3) is 2.34. The van der Waals surface area contributed by atoms with Crippen LogP contribution in [0.2, 0.25) is 0 Å². The molecule has 20 heavy (non-hydrogen) atoms. The van der Waals surface area contributed by atoms with Crippen molar-refractivity contribution in [2.24, 2.45) is 0 Å². The molecule has 4 nitrogen and oxygen atoms in total. The van der Waals surface area contributed by atoms with Crippen LogP contribution in [-0.2, 0) is 0 Å². The van der Waals surface area contributed by atoms with Gasteiger partial charge in [0, 0.05) is 23.7 Å². The average molecular weight is 286 g/mol. The molecule has 0 unspecified atom stereocenters. The number of halogens is 1. The number of nitrogens with zero attached hydrogens (tertiary/aromatic N) is 2. The predicted octanol–water partition coefficient (Wildman–Crippen LogP) is 2.93. The first-order valence-electron chi connectivity index (χ1n) is 6.28. The lowest BCUT2D eigenvalue weighted by Crippen LogP contribution is -2.03. The zero-order valence-electron chi connectivity index (χ0n) is 10.5. The van der Waals surface area contributed by atoms with Gasteiger partial charge >= 0.3 is 0 Å². The maximum atomic E-state index is 9.88. The van der Waals surface area contributed by atoms with Crippen LogP contribution in [0.3, 0.4) is 0 Å². The Hall–Kier alpha value is -2.09. The van der Waals surface area contributed by atoms with E-state index in [4.69, 9.17) is 17.0 Å². The number of rotatable bonds is 3. The number of phenolic OH excluding ortho intramolecular Hbond substituents is 1. The molecule has 1 saturated carbocycles. The second-order valence-electron chi connectivity index (χ2n) is 4.88. The van der Waals surface area contributed by atoms with Gasteiger partial charge in [0.25, 0.3) is 0 Å². The van der Waals surface area contributed by atoms with Crippen LogP contribution in [0.4, 0.5) is 0 Å². The maximum Gasteiger partial charge on any atom is 0.125 e. The summed E-state index contributed by atoms with van der Waals surface area (Å²) in [5.41, 5.74) is 2.85. The van der Waals surface area contributed by atoms with Crippen LogP contribution in [0.5, 0.6) is 5.75 Å². The molecule has 1 heterocycles. The van der Waals surface area contributed by atoms with Crippen LogP contribution in [0, 0.1) is 11.3 Å². The Morgan fingerprint density at radius 1 is 1.35 bits per heavy atom. The Labute approximate surface area is 121 Å². The van der Waals surface area contributed by atoms with E-state index in [0.717, 1.165) is 12.0 Å². The number of phenols is 1. The molecule has 100 valence electrons. The van der Waals surface area contributed by atoms with Crippen LogP contribution in [0.1, 0.15) is 23.5 Å². The average Bonchev–Trinajstić information content (AvgIpc) is 3.28. The highest BCUT2D eigenvalue weighted by Crippen LogP contribution is 2.41. The van der Waals surface area contributed by atoms with Gasteiger partial charge in [-0.25, -0.2) is 4.84 Å². The topological polar surface area (TPSA) is 68.9 Å². The standard InChI is InChI=1S/C15H12ClN3O/c16-19-14-6-11(14)10-2-3-13(18-8-10)12-5-9(7-17)1-4-15(12)20/h1-5,8,11,14,19-20H,6H2/t11-,14+/m1/s1. The van der Waals surface area contributed by atoms with Crippen LogP contribution >= 0.6 is 11.8 Å². The number of hydrogen-bond acceptors (Lipinski definition) is 4. The summed E-state index contributed by atoms with van der Waals surface area (Å²) in [5, 5.41) is 18.8. The number of nitrogens with one attached hydrogen (secondary N) is 1. The minimum Gasteiger partial charge on any atom is -0.507 e. The van der Waals surface area contributed by atoms with E-state index in [1.54, 1.807) is 18.3 Å². The Kier molecular flexibility index (Phi) is 3.31. The summed E-state index contributed by atoms with van der Waals surface area (Å²) in [6, 6.07) is 10.9. The van der Waals surface area contributed by atoms with Gasteiger partial charge in [-0.2, -0.15) is 5.26 Å². The monoisotopic (exact) mass is 285 g/mol. The highest BCUT2D eigenvalue weighted by atomic mass is 35.5. The molecule has 0 radical (unpaired) electrons. The van der Waals surface area contributed by atoms with Crippen molar-refractivity contribution in [3.63, 3.8) is 0 Å². The molecule has 5 heteroatoms. The molecule has 0 saturated heterocycles. The predicted molar refractivity (Wildman–Crippen MR) is 76.2 cm³/mol. The van der Waals surface area contributed by atoms with Gasteiger partial charge in [-0.15, -0.1) is 0 Å². The number of hydrogen-bond donors (Lipinski definition) is 2. The zero-order chi connectivity index (χ0) is 14.1. The molecule has 1 fully saturated rings. The lowest BCUT2D eigenvalue weighted by atomic mass is 10.1. The summed E-state index contributed by atoms with van der Waals surface area (Å²) in [7, 11) is 0. The molecule has 0 aliphatic heterocycles. The Morgan fingerprint density at radius 2 is 2.20 bits per heavy atom. The smallest absolute Gasteiger partial charge is 0.125 e. The minimum absolute atomic E-state index is 0.121. The maximum absolute atomic E-state index is 9.88. The molecule has 2 atom stereocenters. The highest BCUT2D eigenvalue weighted by Gasteiger charge is 2.37. The van der Waals surface area contributed by atoms with E-state index in [9.17, 15) is 5.11 Å². The lowest BCUT2D eigenvalue weighted by molar-refractivity contribution is 0.477. The van der Waals surface area contributed by atoms with Gasteiger partial charge in [0.15, 0.2) is 0 Å². The van der Waals surface area contributed by atoms with Gasteiger partial charge in [-0.3, -0.25) is 4.98 Å². The number of nitriles is 1. The zero-order valence-corrected chi connectivity index (χ0v) is 11.3. The molecular weight excluding hydrogens is 274 g/mol. The second kappa shape index (κ2) is 5.12. The van der Waals surface area contributed by atoms with Crippen LogP contribution in [-0.4, -0.2) is 16.1 Å². The summed E-state index contributed by atoms with van der Waals surface area (Å²) in [6.07, 6.45) is 2.81. The Balaban J connectivity index is 1.90. The summed E-state index contributed by atoms with van der Waals surface area (Å²) in [6.45, 7) is 0. The third-order valence-electron chi connectivity index (χ3n) is 3.55. The number of aromatic hydroxyl groups is 1. The Bertz CT molecular complexity index is 679. The van der Waals surface area contributed by atoms with Crippen molar-refractivity contribution in [3.8, 4) is 23.1 Å². The van der Waals surface area contributed by atoms with E-state index in [1.807, 2.05) is 12.1 Å². The molecule has 3 rings (SSSR count). The first-order valence-corrected chi connectivity index (χ1v) is 6.66. The van der Waals surface area contributed by atoms with Crippen LogP contribution < -0.4 is 4.84 Å².